The van der Waals surface area contributed by atoms with Crippen molar-refractivity contribution in [2.45, 2.75) is 6.92 Å². The molecule has 0 aliphatic rings. The summed E-state index contributed by atoms with van der Waals surface area (Å²) in [5.74, 6) is 0.0712. The van der Waals surface area contributed by atoms with Gasteiger partial charge >= 0.3 is 0 Å². The Bertz CT molecular complexity index is 76.1. The molecule has 0 bridgehead atoms. The standard InChI is InChI=1S/C3H10N4.C2H7N/c1-2-6-7-3(4)5;1-3-2/h6H,2H2,1H3,(H4,4,5,7);3H,1-2H3. The summed E-state index contributed by atoms with van der Waals surface area (Å²) in [4.78, 5) is 0. The molecule has 62 valence electrons. The Morgan fingerprint density at radius 3 is 1.90 bits per heavy atom. The van der Waals surface area contributed by atoms with Crippen LogP contribution in [0.25, 0.3) is 0 Å². The molecule has 0 heterocycles. The molecule has 0 saturated heterocycles. The van der Waals surface area contributed by atoms with E-state index >= 15 is 0 Å². The molecule has 0 spiro atoms. The van der Waals surface area contributed by atoms with Gasteiger partial charge in [0.15, 0.2) is 0 Å². The van der Waals surface area contributed by atoms with Crippen LogP contribution in [0.15, 0.2) is 5.10 Å². The summed E-state index contributed by atoms with van der Waals surface area (Å²) in [5.41, 5.74) is 12.5. The van der Waals surface area contributed by atoms with Crippen LogP contribution in [0.2, 0.25) is 0 Å². The highest BCUT2D eigenvalue weighted by Crippen LogP contribution is 1.52. The zero-order valence-electron chi connectivity index (χ0n) is 6.81. The van der Waals surface area contributed by atoms with Gasteiger partial charge < -0.3 is 22.2 Å². The fourth-order valence-corrected chi connectivity index (χ4v) is 0.170. The molecular formula is C5H17N5. The Hall–Kier alpha value is -0.970. The number of hydrazone groups is 1. The van der Waals surface area contributed by atoms with Crippen LogP contribution in [0.4, 0.5) is 0 Å². The van der Waals surface area contributed by atoms with E-state index in [4.69, 9.17) is 11.5 Å². The van der Waals surface area contributed by atoms with Crippen LogP contribution in [0.1, 0.15) is 6.92 Å². The molecule has 0 atom stereocenters. The van der Waals surface area contributed by atoms with Gasteiger partial charge in [0.05, 0.1) is 0 Å². The number of rotatable bonds is 2. The highest BCUT2D eigenvalue weighted by atomic mass is 15.3. The van der Waals surface area contributed by atoms with Crippen molar-refractivity contribution in [3.8, 4) is 0 Å². The first kappa shape index (κ1) is 11.8. The Labute approximate surface area is 61.8 Å². The number of nitrogens with two attached hydrogens (primary N) is 2. The minimum Gasteiger partial charge on any atom is -0.369 e. The summed E-state index contributed by atoms with van der Waals surface area (Å²) in [5, 5.41) is 6.22. The van der Waals surface area contributed by atoms with Gasteiger partial charge in [-0.25, -0.2) is 0 Å². The second-order valence-electron chi connectivity index (χ2n) is 1.55. The van der Waals surface area contributed by atoms with E-state index in [1.165, 1.54) is 0 Å². The summed E-state index contributed by atoms with van der Waals surface area (Å²) >= 11 is 0. The molecule has 0 aromatic heterocycles. The predicted molar refractivity (Wildman–Crippen MR) is 44.5 cm³/mol. The lowest BCUT2D eigenvalue weighted by Gasteiger charge is -1.90. The molecule has 0 amide bonds. The Balaban J connectivity index is 0. The topological polar surface area (TPSA) is 88.5 Å². The van der Waals surface area contributed by atoms with E-state index in [0.29, 0.717) is 0 Å². The van der Waals surface area contributed by atoms with Crippen molar-refractivity contribution in [1.82, 2.24) is 10.7 Å². The van der Waals surface area contributed by atoms with Gasteiger partial charge in [0.25, 0.3) is 0 Å². The Kier molecular flexibility index (Phi) is 12.9. The molecule has 0 radical (unpaired) electrons. The lowest BCUT2D eigenvalue weighted by Crippen LogP contribution is -2.26. The number of hydrogen-bond donors (Lipinski definition) is 4. The molecule has 5 heteroatoms. The van der Waals surface area contributed by atoms with Gasteiger partial charge in [-0.05, 0) is 21.0 Å². The van der Waals surface area contributed by atoms with Crippen LogP contribution in [0.3, 0.4) is 0 Å². The second-order valence-corrected chi connectivity index (χ2v) is 1.55. The molecule has 0 fully saturated rings. The van der Waals surface area contributed by atoms with Gasteiger partial charge in [0.1, 0.15) is 0 Å². The first-order chi connectivity index (χ1) is 4.68. The largest absolute Gasteiger partial charge is 0.369 e. The minimum atomic E-state index is 0.0712. The molecule has 10 heavy (non-hydrogen) atoms. The molecule has 0 aromatic rings. The van der Waals surface area contributed by atoms with Crippen LogP contribution in [-0.2, 0) is 0 Å². The molecule has 6 N–H and O–H groups in total. The number of nitrogens with one attached hydrogen (secondary N) is 2. The van der Waals surface area contributed by atoms with Crippen molar-refractivity contribution in [3.05, 3.63) is 0 Å². The first-order valence-electron chi connectivity index (χ1n) is 3.09. The van der Waals surface area contributed by atoms with Gasteiger partial charge in [-0.3, -0.25) is 0 Å². The number of hydrogen-bond acceptors (Lipinski definition) is 3. The van der Waals surface area contributed by atoms with E-state index in [9.17, 15) is 0 Å². The van der Waals surface area contributed by atoms with Crippen molar-refractivity contribution in [1.29, 1.82) is 0 Å². The van der Waals surface area contributed by atoms with Crippen LogP contribution in [0, 0.1) is 0 Å². The first-order valence-corrected chi connectivity index (χ1v) is 3.09. The highest BCUT2D eigenvalue weighted by molar-refractivity contribution is 5.75. The Morgan fingerprint density at radius 2 is 1.80 bits per heavy atom. The lowest BCUT2D eigenvalue weighted by atomic mass is 10.8. The van der Waals surface area contributed by atoms with E-state index in [1.54, 1.807) is 0 Å². The maximum Gasteiger partial charge on any atom is 0.208 e. The van der Waals surface area contributed by atoms with Gasteiger partial charge in [0, 0.05) is 6.54 Å². The molecular weight excluding hydrogens is 130 g/mol. The molecule has 5 nitrogen and oxygen atoms in total. The van der Waals surface area contributed by atoms with Crippen LogP contribution >= 0.6 is 0 Å². The fraction of sp³-hybridized carbons (Fsp3) is 0.800. The highest BCUT2D eigenvalue weighted by Gasteiger charge is 1.71. The lowest BCUT2D eigenvalue weighted by molar-refractivity contribution is 0.779. The van der Waals surface area contributed by atoms with Crippen LogP contribution in [0.5, 0.6) is 0 Å². The molecule has 0 aliphatic carbocycles. The van der Waals surface area contributed by atoms with Gasteiger partial charge in [-0.2, -0.15) is 0 Å². The van der Waals surface area contributed by atoms with Crippen LogP contribution < -0.4 is 22.2 Å². The summed E-state index contributed by atoms with van der Waals surface area (Å²) in [6.07, 6.45) is 0. The fourth-order valence-electron chi connectivity index (χ4n) is 0.170. The number of nitrogens with zero attached hydrogens (tertiary/aromatic N) is 1. The predicted octanol–water partition coefficient (Wildman–Crippen LogP) is -1.38. The van der Waals surface area contributed by atoms with Crippen molar-refractivity contribution in [2.24, 2.45) is 16.6 Å². The van der Waals surface area contributed by atoms with E-state index in [-0.39, 0.29) is 5.96 Å². The molecule has 0 aromatic carbocycles. The zero-order valence-corrected chi connectivity index (χ0v) is 6.81. The monoisotopic (exact) mass is 147 g/mol. The smallest absolute Gasteiger partial charge is 0.208 e. The zero-order chi connectivity index (χ0) is 8.41. The van der Waals surface area contributed by atoms with E-state index in [0.717, 1.165) is 6.54 Å². The third kappa shape index (κ3) is 27.8. The quantitative estimate of drug-likeness (QED) is 0.220. The maximum absolute atomic E-state index is 4.94. The number of guanidine groups is 1. The average molecular weight is 147 g/mol. The third-order valence-corrected chi connectivity index (χ3v) is 0.366. The van der Waals surface area contributed by atoms with Gasteiger partial charge in [0.2, 0.25) is 5.96 Å². The normalized spacial score (nSPS) is 7.10. The SMILES string of the molecule is CCNN=C(N)N.CNC. The van der Waals surface area contributed by atoms with Crippen LogP contribution in [-0.4, -0.2) is 26.6 Å². The second kappa shape index (κ2) is 10.9. The molecule has 0 rings (SSSR count). The maximum atomic E-state index is 4.94. The van der Waals surface area contributed by atoms with E-state index in [1.807, 2.05) is 21.0 Å². The van der Waals surface area contributed by atoms with E-state index < -0.39 is 0 Å². The molecule has 0 saturated carbocycles. The van der Waals surface area contributed by atoms with Crippen molar-refractivity contribution in [2.75, 3.05) is 20.6 Å². The summed E-state index contributed by atoms with van der Waals surface area (Å²) in [6, 6.07) is 0. The van der Waals surface area contributed by atoms with Gasteiger partial charge in [-0.1, -0.05) is 0 Å². The summed E-state index contributed by atoms with van der Waals surface area (Å²) in [6.45, 7) is 2.66. The van der Waals surface area contributed by atoms with Gasteiger partial charge in [-0.15, -0.1) is 5.10 Å². The third-order valence-electron chi connectivity index (χ3n) is 0.366. The summed E-state index contributed by atoms with van der Waals surface area (Å²) < 4.78 is 0. The van der Waals surface area contributed by atoms with Crippen molar-refractivity contribution >= 4 is 5.96 Å². The summed E-state index contributed by atoms with van der Waals surface area (Å²) in [7, 11) is 3.75. The van der Waals surface area contributed by atoms with E-state index in [2.05, 4.69) is 15.8 Å². The van der Waals surface area contributed by atoms with Crippen molar-refractivity contribution < 1.29 is 0 Å². The Morgan fingerprint density at radius 1 is 1.40 bits per heavy atom. The average Bonchev–Trinajstić information content (AvgIpc) is 1.85. The molecule has 0 aliphatic heterocycles. The van der Waals surface area contributed by atoms with Crippen molar-refractivity contribution in [3.63, 3.8) is 0 Å². The molecule has 0 unspecified atom stereocenters. The minimum absolute atomic E-state index is 0.0712.